The molecule has 2 aromatic carbocycles. The summed E-state index contributed by atoms with van der Waals surface area (Å²) < 4.78 is 19.2. The minimum absolute atomic E-state index is 0.287. The lowest BCUT2D eigenvalue weighted by atomic mass is 9.96. The molecule has 0 saturated heterocycles. The quantitative estimate of drug-likeness (QED) is 0.352. The lowest BCUT2D eigenvalue weighted by Gasteiger charge is -2.23. The molecule has 0 aliphatic heterocycles. The van der Waals surface area contributed by atoms with E-state index in [1.807, 2.05) is 0 Å². The molecule has 27 heavy (non-hydrogen) atoms. The topological polar surface area (TPSA) is 108 Å². The molecular formula is C19H19FN2O5. The van der Waals surface area contributed by atoms with Gasteiger partial charge in [-0.2, -0.15) is 0 Å². The number of anilines is 1. The van der Waals surface area contributed by atoms with Crippen molar-refractivity contribution in [1.29, 1.82) is 0 Å². The summed E-state index contributed by atoms with van der Waals surface area (Å²) in [5.41, 5.74) is 2.25. The Morgan fingerprint density at radius 2 is 1.89 bits per heavy atom. The third kappa shape index (κ3) is 5.82. The first kappa shape index (κ1) is 19.9. The Hall–Kier alpha value is -3.39. The summed E-state index contributed by atoms with van der Waals surface area (Å²) in [6.07, 6.45) is 0.738. The van der Waals surface area contributed by atoms with E-state index in [-0.39, 0.29) is 5.56 Å². The second kappa shape index (κ2) is 9.35. The molecule has 0 saturated carbocycles. The van der Waals surface area contributed by atoms with Gasteiger partial charge in [0.1, 0.15) is 6.10 Å². The van der Waals surface area contributed by atoms with Crippen molar-refractivity contribution in [1.82, 2.24) is 5.48 Å². The summed E-state index contributed by atoms with van der Waals surface area (Å²) in [7, 11) is 0. The van der Waals surface area contributed by atoms with Crippen molar-refractivity contribution in [3.05, 3.63) is 72.1 Å². The summed E-state index contributed by atoms with van der Waals surface area (Å²) in [5.74, 6) is -2.71. The number of rotatable bonds is 6. The van der Waals surface area contributed by atoms with Gasteiger partial charge >= 0.3 is 6.09 Å². The summed E-state index contributed by atoms with van der Waals surface area (Å²) in [4.78, 5) is 23.4. The first-order valence-electron chi connectivity index (χ1n) is 8.04. The van der Waals surface area contributed by atoms with E-state index in [0.717, 1.165) is 18.2 Å². The van der Waals surface area contributed by atoms with E-state index in [4.69, 9.17) is 9.94 Å². The number of para-hydroxylation sites is 1. The van der Waals surface area contributed by atoms with Gasteiger partial charge < -0.3 is 9.84 Å². The molecule has 0 radical (unpaired) electrons. The highest BCUT2D eigenvalue weighted by Gasteiger charge is 2.23. The van der Waals surface area contributed by atoms with Gasteiger partial charge in [0.2, 0.25) is 0 Å². The minimum atomic E-state index is -0.952. The average molecular weight is 374 g/mol. The summed E-state index contributed by atoms with van der Waals surface area (Å²) >= 11 is 0. The lowest BCUT2D eigenvalue weighted by molar-refractivity contribution is -0.124. The zero-order valence-corrected chi connectivity index (χ0v) is 14.4. The van der Waals surface area contributed by atoms with Crippen LogP contribution >= 0.6 is 0 Å². The standard InChI is InChI=1S/C19H19FN2O5/c1-12(7-10-17(24)22-26)18(13-8-9-16(23)15(20)11-13)27-19(25)21-14-5-3-2-4-6-14/h2-12,18,23,26H,1H3,(H,21,25)(H,22,24)/b10-7+/t12-,18+/m1/s1. The number of aromatic hydroxyl groups is 1. The van der Waals surface area contributed by atoms with Crippen molar-refractivity contribution < 1.29 is 29.0 Å². The maximum Gasteiger partial charge on any atom is 0.412 e. The van der Waals surface area contributed by atoms with Crippen LogP contribution < -0.4 is 10.8 Å². The maximum absolute atomic E-state index is 13.7. The van der Waals surface area contributed by atoms with Crippen LogP contribution in [0.5, 0.6) is 5.75 Å². The van der Waals surface area contributed by atoms with E-state index in [1.54, 1.807) is 37.3 Å². The Balaban J connectivity index is 2.22. The molecule has 0 bridgehead atoms. The van der Waals surface area contributed by atoms with Crippen LogP contribution in [0.2, 0.25) is 0 Å². The Morgan fingerprint density at radius 1 is 1.19 bits per heavy atom. The van der Waals surface area contributed by atoms with Crippen LogP contribution in [-0.2, 0) is 9.53 Å². The first-order chi connectivity index (χ1) is 12.9. The average Bonchev–Trinajstić information content (AvgIpc) is 2.67. The van der Waals surface area contributed by atoms with Crippen LogP contribution in [0.1, 0.15) is 18.6 Å². The predicted molar refractivity (Wildman–Crippen MR) is 95.6 cm³/mol. The highest BCUT2D eigenvalue weighted by atomic mass is 19.1. The second-order valence-electron chi connectivity index (χ2n) is 5.72. The monoisotopic (exact) mass is 374 g/mol. The lowest BCUT2D eigenvalue weighted by Crippen LogP contribution is -2.22. The van der Waals surface area contributed by atoms with Crippen LogP contribution in [-0.4, -0.2) is 22.3 Å². The molecule has 0 aromatic heterocycles. The van der Waals surface area contributed by atoms with Gasteiger partial charge in [-0.3, -0.25) is 15.3 Å². The van der Waals surface area contributed by atoms with Crippen molar-refractivity contribution in [2.75, 3.05) is 5.32 Å². The molecule has 2 atom stereocenters. The molecule has 8 heteroatoms. The molecule has 0 spiro atoms. The molecule has 2 rings (SSSR count). The van der Waals surface area contributed by atoms with Crippen LogP contribution in [0.3, 0.4) is 0 Å². The van der Waals surface area contributed by atoms with Gasteiger partial charge in [0.15, 0.2) is 11.6 Å². The Bertz CT molecular complexity index is 826. The molecule has 0 aliphatic carbocycles. The highest BCUT2D eigenvalue weighted by molar-refractivity contribution is 5.86. The van der Waals surface area contributed by atoms with E-state index in [1.165, 1.54) is 17.6 Å². The summed E-state index contributed by atoms with van der Waals surface area (Å²) in [6, 6.07) is 12.2. The smallest absolute Gasteiger partial charge is 0.412 e. The number of hydrogen-bond donors (Lipinski definition) is 4. The number of hydroxylamine groups is 1. The number of benzene rings is 2. The fraction of sp³-hybridized carbons (Fsp3) is 0.158. The highest BCUT2D eigenvalue weighted by Crippen LogP contribution is 2.30. The number of phenolic OH excluding ortho intramolecular Hbond substituents is 1. The van der Waals surface area contributed by atoms with Crippen LogP contribution in [0.4, 0.5) is 14.9 Å². The molecule has 0 fully saturated rings. The first-order valence-corrected chi connectivity index (χ1v) is 8.04. The predicted octanol–water partition coefficient (Wildman–Crippen LogP) is 3.52. The van der Waals surface area contributed by atoms with Gasteiger partial charge in [-0.1, -0.05) is 37.3 Å². The van der Waals surface area contributed by atoms with E-state index < -0.39 is 35.6 Å². The largest absolute Gasteiger partial charge is 0.505 e. The Kier molecular flexibility index (Phi) is 6.90. The number of carbonyl (C=O) groups excluding carboxylic acids is 2. The number of halogens is 1. The molecule has 142 valence electrons. The fourth-order valence-corrected chi connectivity index (χ4v) is 2.34. The van der Waals surface area contributed by atoms with Gasteiger partial charge in [-0.15, -0.1) is 0 Å². The normalized spacial score (nSPS) is 13.0. The van der Waals surface area contributed by atoms with Gasteiger partial charge in [-0.05, 0) is 29.8 Å². The van der Waals surface area contributed by atoms with Crippen LogP contribution in [0, 0.1) is 11.7 Å². The molecular weight excluding hydrogens is 355 g/mol. The number of ether oxygens (including phenoxy) is 1. The van der Waals surface area contributed by atoms with Gasteiger partial charge in [0, 0.05) is 17.7 Å². The third-order valence-corrected chi connectivity index (χ3v) is 3.69. The van der Waals surface area contributed by atoms with Crippen molar-refractivity contribution in [3.8, 4) is 5.75 Å². The molecule has 0 aliphatic rings. The number of phenols is 1. The zero-order valence-electron chi connectivity index (χ0n) is 14.4. The SMILES string of the molecule is C[C@H](/C=C/C(=O)NO)[C@H](OC(=O)Nc1ccccc1)c1ccc(O)c(F)c1. The molecule has 7 nitrogen and oxygen atoms in total. The van der Waals surface area contributed by atoms with Crippen molar-refractivity contribution in [3.63, 3.8) is 0 Å². The number of hydrogen-bond acceptors (Lipinski definition) is 5. The number of carbonyl (C=O) groups is 2. The van der Waals surface area contributed by atoms with Gasteiger partial charge in [0.25, 0.3) is 5.91 Å². The summed E-state index contributed by atoms with van der Waals surface area (Å²) in [6.45, 7) is 1.65. The van der Waals surface area contributed by atoms with E-state index >= 15 is 0 Å². The maximum atomic E-state index is 13.7. The molecule has 2 amide bonds. The molecule has 0 heterocycles. The fourth-order valence-electron chi connectivity index (χ4n) is 2.34. The molecule has 2 aromatic rings. The Labute approximate surface area is 155 Å². The number of nitrogens with one attached hydrogen (secondary N) is 2. The number of amides is 2. The van der Waals surface area contributed by atoms with Crippen molar-refractivity contribution in [2.24, 2.45) is 5.92 Å². The van der Waals surface area contributed by atoms with Gasteiger partial charge in [-0.25, -0.2) is 14.7 Å². The van der Waals surface area contributed by atoms with Gasteiger partial charge in [0.05, 0.1) is 0 Å². The van der Waals surface area contributed by atoms with Crippen molar-refractivity contribution >= 4 is 17.7 Å². The Morgan fingerprint density at radius 3 is 2.52 bits per heavy atom. The van der Waals surface area contributed by atoms with E-state index in [9.17, 15) is 19.1 Å². The summed E-state index contributed by atoms with van der Waals surface area (Å²) in [5, 5.41) is 20.5. The van der Waals surface area contributed by atoms with E-state index in [2.05, 4.69) is 5.32 Å². The van der Waals surface area contributed by atoms with Crippen molar-refractivity contribution in [2.45, 2.75) is 13.0 Å². The van der Waals surface area contributed by atoms with Crippen LogP contribution in [0.15, 0.2) is 60.7 Å². The zero-order chi connectivity index (χ0) is 19.8. The third-order valence-electron chi connectivity index (χ3n) is 3.69. The van der Waals surface area contributed by atoms with Crippen LogP contribution in [0.25, 0.3) is 0 Å². The van der Waals surface area contributed by atoms with E-state index in [0.29, 0.717) is 5.69 Å². The molecule has 0 unspecified atom stereocenters. The second-order valence-corrected chi connectivity index (χ2v) is 5.72. The molecule has 4 N–H and O–H groups in total. The minimum Gasteiger partial charge on any atom is -0.505 e.